The standard InChI is InChI=1S/C17H20B2O3.3C8H11BO3.5C5H12/c20-18-10-3-6-14-4-2-8-17(13-14)19(21)22-11-9-15-5-1-7-16(18)12-15;3*10-5-4-7-2-1-3-8(6-7)9(11)12;5*1-5(2,3)4/h1-2,4-5,7-8,12-13,20-21H,3,6,9-11H2;3*1-3,6,10-12H,4-5H2;5*1-4H3. The fraction of sp³-hybridized carbons (Fsp3) is 0.545. The average molecular weight is 1150 g/mol. The first kappa shape index (κ1) is 83.2. The van der Waals surface area contributed by atoms with Crippen molar-refractivity contribution in [2.75, 3.05) is 26.4 Å². The van der Waals surface area contributed by atoms with Crippen LogP contribution in [0.5, 0.6) is 0 Å². The molecule has 0 radical (unpaired) electrons. The van der Waals surface area contributed by atoms with Gasteiger partial charge in [0.05, 0.1) is 0 Å². The molecule has 0 aliphatic carbocycles. The summed E-state index contributed by atoms with van der Waals surface area (Å²) >= 11 is 0. The summed E-state index contributed by atoms with van der Waals surface area (Å²) in [6.07, 6.45) is 4.88. The Balaban J connectivity index is -0.000000926. The molecule has 1 aliphatic rings. The van der Waals surface area contributed by atoms with E-state index < -0.39 is 35.4 Å². The van der Waals surface area contributed by atoms with Gasteiger partial charge in [0.25, 0.3) is 0 Å². The van der Waals surface area contributed by atoms with Gasteiger partial charge < -0.3 is 60.2 Å². The van der Waals surface area contributed by atoms with E-state index >= 15 is 0 Å². The van der Waals surface area contributed by atoms with E-state index in [-0.39, 0.29) is 19.8 Å². The molecule has 6 rings (SSSR count). The number of rotatable bonds is 9. The molecule has 12 nitrogen and oxygen atoms in total. The van der Waals surface area contributed by atoms with Gasteiger partial charge in [-0.1, -0.05) is 266 Å². The Bertz CT molecular complexity index is 2100. The average Bonchev–Trinajstić information content (AvgIpc) is 3.33. The molecular weight excluding hydrogens is 1040 g/mol. The molecule has 0 unspecified atom stereocenters. The predicted octanol–water partition coefficient (Wildman–Crippen LogP) is 7.74. The minimum atomic E-state index is -1.43. The van der Waals surface area contributed by atoms with Crippen molar-refractivity contribution in [3.8, 4) is 0 Å². The van der Waals surface area contributed by atoms with Crippen molar-refractivity contribution in [1.82, 2.24) is 0 Å². The van der Waals surface area contributed by atoms with Gasteiger partial charge in [-0.2, -0.15) is 0 Å². The maximum absolute atomic E-state index is 10.3. The van der Waals surface area contributed by atoms with Crippen molar-refractivity contribution in [2.24, 2.45) is 27.1 Å². The molecule has 5 aromatic rings. The van der Waals surface area contributed by atoms with Crippen LogP contribution in [0.1, 0.15) is 173 Å². The first-order chi connectivity index (χ1) is 37.9. The molecule has 0 saturated heterocycles. The van der Waals surface area contributed by atoms with Crippen molar-refractivity contribution in [2.45, 2.75) is 183 Å². The van der Waals surface area contributed by atoms with E-state index in [0.717, 1.165) is 64.3 Å². The number of benzene rings is 5. The largest absolute Gasteiger partial charge is 0.491 e. The predicted molar refractivity (Wildman–Crippen MR) is 358 cm³/mol. The van der Waals surface area contributed by atoms with Gasteiger partial charge in [-0.25, -0.2) is 0 Å². The second-order valence-electron chi connectivity index (χ2n) is 28.6. The van der Waals surface area contributed by atoms with E-state index in [4.69, 9.17) is 50.1 Å². The molecule has 83 heavy (non-hydrogen) atoms. The van der Waals surface area contributed by atoms with E-state index in [1.54, 1.807) is 54.6 Å². The third kappa shape index (κ3) is 59.5. The first-order valence-corrected chi connectivity index (χ1v) is 29.3. The smallest absolute Gasteiger partial charge is 0.446 e. The summed E-state index contributed by atoms with van der Waals surface area (Å²) in [7, 11) is -5.16. The number of aliphatic hydroxyl groups is 3. The van der Waals surface area contributed by atoms with Crippen molar-refractivity contribution in [3.05, 3.63) is 149 Å². The maximum atomic E-state index is 10.3. The Kier molecular flexibility index (Phi) is 43.6. The molecule has 0 saturated carbocycles. The lowest BCUT2D eigenvalue weighted by atomic mass is 9.57. The summed E-state index contributed by atoms with van der Waals surface area (Å²) < 4.78 is 5.54. The summed E-state index contributed by atoms with van der Waals surface area (Å²) in [5.41, 5.74) is 10.6. The Morgan fingerprint density at radius 1 is 0.386 bits per heavy atom. The van der Waals surface area contributed by atoms with Crippen molar-refractivity contribution in [1.29, 1.82) is 0 Å². The fourth-order valence-corrected chi connectivity index (χ4v) is 6.02. The van der Waals surface area contributed by atoms with Gasteiger partial charge in [0.15, 0.2) is 0 Å². The molecule has 0 atom stereocenters. The van der Waals surface area contributed by atoms with Crippen LogP contribution in [0.25, 0.3) is 0 Å². The molecule has 1 heterocycles. The van der Waals surface area contributed by atoms with Crippen LogP contribution < -0.4 is 27.3 Å². The quantitative estimate of drug-likeness (QED) is 0.0637. The summed E-state index contributed by atoms with van der Waals surface area (Å²) in [5.74, 6) is 0. The van der Waals surface area contributed by atoms with Crippen LogP contribution in [-0.4, -0.2) is 117 Å². The fourth-order valence-electron chi connectivity index (χ4n) is 6.02. The van der Waals surface area contributed by atoms with Crippen LogP contribution in [0, 0.1) is 27.1 Å². The molecule has 464 valence electrons. The minimum absolute atomic E-state index is 0.0744. The molecule has 4 bridgehead atoms. The minimum Gasteiger partial charge on any atom is -0.446 e. The molecule has 0 fully saturated rings. The summed E-state index contributed by atoms with van der Waals surface area (Å²) in [5, 5.41) is 99.2. The molecule has 17 heteroatoms. The van der Waals surface area contributed by atoms with Gasteiger partial charge in [0.1, 0.15) is 0 Å². The van der Waals surface area contributed by atoms with Gasteiger partial charge in [-0.15, -0.1) is 0 Å². The third-order valence-corrected chi connectivity index (χ3v) is 9.13. The Morgan fingerprint density at radius 2 is 0.663 bits per heavy atom. The normalized spacial score (nSPS) is 12.2. The Morgan fingerprint density at radius 3 is 0.964 bits per heavy atom. The van der Waals surface area contributed by atoms with Gasteiger partial charge in [0.2, 0.25) is 0 Å². The van der Waals surface area contributed by atoms with E-state index in [1.165, 1.54) is 0 Å². The Labute approximate surface area is 506 Å². The summed E-state index contributed by atoms with van der Waals surface area (Å²) in [6, 6.07) is 36.5. The van der Waals surface area contributed by atoms with Crippen LogP contribution in [0.3, 0.4) is 0 Å². The number of aliphatic hydroxyl groups excluding tert-OH is 3. The van der Waals surface area contributed by atoms with Crippen molar-refractivity contribution < 1.29 is 60.2 Å². The van der Waals surface area contributed by atoms with Crippen molar-refractivity contribution in [3.63, 3.8) is 0 Å². The second kappa shape index (κ2) is 43.5. The van der Waals surface area contributed by atoms with Crippen LogP contribution in [-0.2, 0) is 36.8 Å². The number of aryl methyl sites for hydroxylation is 1. The summed E-state index contributed by atoms with van der Waals surface area (Å²) in [4.78, 5) is 0. The number of hydrogen-bond acceptors (Lipinski definition) is 12. The second-order valence-corrected chi connectivity index (χ2v) is 28.6. The SMILES string of the molecule is CC(C)(C)C.CC(C)(C)C.CC(C)(C)C.CC(C)(C)C.CC(C)(C)C.OB1CCCc2cccc(c2)B(O)OCCc2cccc1c2.OCCc1cccc(B(O)O)c1.OCCc1cccc(B(O)O)c1.OCCc1cccc(B(O)O)c1. The molecular formula is C66H113B5O12. The summed E-state index contributed by atoms with van der Waals surface area (Å²) in [6.45, 7) is 44.0. The molecule has 0 aromatic heterocycles. The first-order valence-electron chi connectivity index (χ1n) is 29.3. The Hall–Kier alpha value is -4.06. The maximum Gasteiger partial charge on any atom is 0.491 e. The molecule has 5 aromatic carbocycles. The van der Waals surface area contributed by atoms with Gasteiger partial charge in [-0.3, -0.25) is 0 Å². The van der Waals surface area contributed by atoms with E-state index in [1.807, 2.05) is 60.7 Å². The highest BCUT2D eigenvalue weighted by atomic mass is 16.5. The van der Waals surface area contributed by atoms with Gasteiger partial charge >= 0.3 is 35.4 Å². The monoisotopic (exact) mass is 1150 g/mol. The van der Waals surface area contributed by atoms with Crippen LogP contribution in [0.15, 0.2) is 121 Å². The zero-order chi connectivity index (χ0) is 64.8. The van der Waals surface area contributed by atoms with Crippen molar-refractivity contribution >= 4 is 62.7 Å². The number of hydrogen-bond donors (Lipinski definition) is 11. The van der Waals surface area contributed by atoms with E-state index in [0.29, 0.717) is 69.3 Å². The zero-order valence-electron chi connectivity index (χ0n) is 55.0. The van der Waals surface area contributed by atoms with Gasteiger partial charge in [-0.05, 0) is 121 Å². The topological polar surface area (TPSA) is 232 Å². The third-order valence-electron chi connectivity index (χ3n) is 9.13. The highest BCUT2D eigenvalue weighted by molar-refractivity contribution is 6.66. The molecule has 0 spiro atoms. The van der Waals surface area contributed by atoms with E-state index in [9.17, 15) is 10.0 Å². The van der Waals surface area contributed by atoms with Crippen LogP contribution in [0.4, 0.5) is 0 Å². The molecule has 1 aliphatic heterocycles. The lowest BCUT2D eigenvalue weighted by Crippen LogP contribution is -2.35. The molecule has 11 N–H and O–H groups in total. The van der Waals surface area contributed by atoms with E-state index in [2.05, 4.69) is 145 Å². The highest BCUT2D eigenvalue weighted by Gasteiger charge is 2.19. The lowest BCUT2D eigenvalue weighted by molar-refractivity contribution is 0.273. The van der Waals surface area contributed by atoms with Crippen LogP contribution in [0.2, 0.25) is 6.32 Å². The number of fused-ring (bicyclic) bond motifs is 4. The molecule has 0 amide bonds. The lowest BCUT2D eigenvalue weighted by Gasteiger charge is -2.13. The zero-order valence-corrected chi connectivity index (χ0v) is 55.0. The highest BCUT2D eigenvalue weighted by Crippen LogP contribution is 2.12. The van der Waals surface area contributed by atoms with Crippen LogP contribution >= 0.6 is 0 Å². The van der Waals surface area contributed by atoms with Gasteiger partial charge in [0, 0.05) is 26.4 Å².